The summed E-state index contributed by atoms with van der Waals surface area (Å²) in [5.74, 6) is 1.72. The number of nitrogens with two attached hydrogens (primary N) is 1. The summed E-state index contributed by atoms with van der Waals surface area (Å²) in [5, 5.41) is 1.02. The lowest BCUT2D eigenvalue weighted by Crippen LogP contribution is -2.42. The molecule has 3 aromatic rings. The molecule has 6 nitrogen and oxygen atoms in total. The highest BCUT2D eigenvalue weighted by atomic mass is 16.5. The first-order valence-electron chi connectivity index (χ1n) is 12.3. The van der Waals surface area contributed by atoms with Crippen LogP contribution in [0.15, 0.2) is 42.5 Å². The van der Waals surface area contributed by atoms with Crippen molar-refractivity contribution in [3.05, 3.63) is 53.6 Å². The normalized spacial score (nSPS) is 21.1. The molecule has 178 valence electrons. The van der Waals surface area contributed by atoms with Gasteiger partial charge in [-0.15, -0.1) is 0 Å². The molecule has 0 radical (unpaired) electrons. The fraction of sp³-hybridized carbons (Fsp3) is 0.429. The van der Waals surface area contributed by atoms with E-state index in [0.29, 0.717) is 30.9 Å². The average Bonchev–Trinajstić information content (AvgIpc) is 2.83. The number of hydrogen-bond acceptors (Lipinski definition) is 5. The summed E-state index contributed by atoms with van der Waals surface area (Å²) in [4.78, 5) is 22.6. The van der Waals surface area contributed by atoms with Crippen LogP contribution in [0.1, 0.15) is 36.2 Å². The molecule has 0 aliphatic carbocycles. The number of aromatic nitrogens is 1. The van der Waals surface area contributed by atoms with E-state index in [1.807, 2.05) is 23.1 Å². The average molecular weight is 459 g/mol. The number of nitrogen functional groups attached to an aromatic ring is 1. The number of amides is 1. The van der Waals surface area contributed by atoms with Gasteiger partial charge >= 0.3 is 0 Å². The standard InChI is InChI=1S/C28H34N4O2/c1-18-13-19(2)17-32(16-18)28(33)23-6-4-5-20(3)26(23)21-7-8-24-22(14-21)15-25(27(29)30-24)31-9-11-34-12-10-31/h4-8,14-15,18-19H,9-13,16-17H2,1-3H3,(H2,29,30). The van der Waals surface area contributed by atoms with Crippen molar-refractivity contribution >= 4 is 28.3 Å². The van der Waals surface area contributed by atoms with Gasteiger partial charge in [0.25, 0.3) is 5.91 Å². The predicted molar refractivity (Wildman–Crippen MR) is 138 cm³/mol. The largest absolute Gasteiger partial charge is 0.382 e. The van der Waals surface area contributed by atoms with Crippen LogP contribution in [0.25, 0.3) is 22.0 Å². The number of aryl methyl sites for hydroxylation is 1. The number of hydrogen-bond donors (Lipinski definition) is 1. The van der Waals surface area contributed by atoms with E-state index >= 15 is 0 Å². The lowest BCUT2D eigenvalue weighted by Gasteiger charge is -2.35. The Morgan fingerprint density at radius 3 is 2.53 bits per heavy atom. The minimum Gasteiger partial charge on any atom is -0.382 e. The number of rotatable bonds is 3. The van der Waals surface area contributed by atoms with Crippen LogP contribution < -0.4 is 10.6 Å². The molecule has 2 N–H and O–H groups in total. The summed E-state index contributed by atoms with van der Waals surface area (Å²) in [6, 6.07) is 14.4. The van der Waals surface area contributed by atoms with Crippen molar-refractivity contribution in [2.24, 2.45) is 11.8 Å². The third kappa shape index (κ3) is 4.34. The van der Waals surface area contributed by atoms with Crippen molar-refractivity contribution in [3.8, 4) is 11.1 Å². The fourth-order valence-corrected chi connectivity index (χ4v) is 5.62. The number of morpholine rings is 1. The highest BCUT2D eigenvalue weighted by Gasteiger charge is 2.28. The van der Waals surface area contributed by atoms with Crippen LogP contribution >= 0.6 is 0 Å². The van der Waals surface area contributed by atoms with Crippen molar-refractivity contribution in [1.29, 1.82) is 0 Å². The quantitative estimate of drug-likeness (QED) is 0.613. The molecule has 2 atom stereocenters. The third-order valence-electron chi connectivity index (χ3n) is 7.12. The molecule has 6 heteroatoms. The molecule has 0 saturated carbocycles. The number of anilines is 2. The first kappa shape index (κ1) is 22.7. The highest BCUT2D eigenvalue weighted by Crippen LogP contribution is 2.34. The van der Waals surface area contributed by atoms with Crippen LogP contribution in [-0.2, 0) is 4.74 Å². The molecule has 2 saturated heterocycles. The van der Waals surface area contributed by atoms with Crippen molar-refractivity contribution in [1.82, 2.24) is 9.88 Å². The van der Waals surface area contributed by atoms with Gasteiger partial charge < -0.3 is 20.3 Å². The number of ether oxygens (including phenoxy) is 1. The SMILES string of the molecule is Cc1cccc(C(=O)N2CC(C)CC(C)C2)c1-c1ccc2nc(N)c(N3CCOCC3)cc2c1. The van der Waals surface area contributed by atoms with Crippen LogP contribution in [0.2, 0.25) is 0 Å². The van der Waals surface area contributed by atoms with Gasteiger partial charge in [-0.3, -0.25) is 4.79 Å². The molecule has 0 spiro atoms. The van der Waals surface area contributed by atoms with Gasteiger partial charge in [-0.1, -0.05) is 32.0 Å². The molecule has 0 bridgehead atoms. The zero-order valence-corrected chi connectivity index (χ0v) is 20.4. The minimum atomic E-state index is 0.127. The number of carbonyl (C=O) groups excluding carboxylic acids is 1. The lowest BCUT2D eigenvalue weighted by molar-refractivity contribution is 0.0624. The molecule has 34 heavy (non-hydrogen) atoms. The summed E-state index contributed by atoms with van der Waals surface area (Å²) in [6.07, 6.45) is 1.18. The van der Waals surface area contributed by atoms with Crippen molar-refractivity contribution in [3.63, 3.8) is 0 Å². The summed E-state index contributed by atoms with van der Waals surface area (Å²) < 4.78 is 5.50. The molecule has 1 amide bonds. The number of benzene rings is 2. The van der Waals surface area contributed by atoms with Crippen LogP contribution in [0.3, 0.4) is 0 Å². The summed E-state index contributed by atoms with van der Waals surface area (Å²) >= 11 is 0. The van der Waals surface area contributed by atoms with E-state index in [4.69, 9.17) is 10.5 Å². The van der Waals surface area contributed by atoms with Gasteiger partial charge in [-0.25, -0.2) is 4.98 Å². The van der Waals surface area contributed by atoms with E-state index in [2.05, 4.69) is 54.9 Å². The number of piperidine rings is 1. The lowest BCUT2D eigenvalue weighted by atomic mass is 9.89. The maximum atomic E-state index is 13.7. The molecule has 2 unspecified atom stereocenters. The first-order chi connectivity index (χ1) is 16.4. The van der Waals surface area contributed by atoms with Crippen molar-refractivity contribution in [2.75, 3.05) is 50.0 Å². The van der Waals surface area contributed by atoms with Crippen molar-refractivity contribution in [2.45, 2.75) is 27.2 Å². The van der Waals surface area contributed by atoms with E-state index in [1.54, 1.807) is 0 Å². The second kappa shape index (κ2) is 9.26. The number of pyridine rings is 1. The Kier molecular flexibility index (Phi) is 6.17. The van der Waals surface area contributed by atoms with Gasteiger partial charge in [0, 0.05) is 37.1 Å². The Balaban J connectivity index is 1.55. The molecule has 2 aromatic carbocycles. The Morgan fingerprint density at radius 1 is 1.06 bits per heavy atom. The smallest absolute Gasteiger partial charge is 0.254 e. The first-order valence-corrected chi connectivity index (χ1v) is 12.3. The molecule has 3 heterocycles. The summed E-state index contributed by atoms with van der Waals surface area (Å²) in [7, 11) is 0. The number of nitrogens with zero attached hydrogens (tertiary/aromatic N) is 3. The van der Waals surface area contributed by atoms with E-state index < -0.39 is 0 Å². The van der Waals surface area contributed by atoms with Gasteiger partial charge in [0.1, 0.15) is 5.82 Å². The van der Waals surface area contributed by atoms with E-state index in [-0.39, 0.29) is 5.91 Å². The molecule has 2 aliphatic heterocycles. The maximum absolute atomic E-state index is 13.7. The molecule has 1 aromatic heterocycles. The maximum Gasteiger partial charge on any atom is 0.254 e. The zero-order valence-electron chi connectivity index (χ0n) is 20.4. The molecule has 2 aliphatic rings. The molecular formula is C28H34N4O2. The van der Waals surface area contributed by atoms with Crippen LogP contribution in [-0.4, -0.2) is 55.2 Å². The monoisotopic (exact) mass is 458 g/mol. The second-order valence-corrected chi connectivity index (χ2v) is 10.1. The third-order valence-corrected chi connectivity index (χ3v) is 7.12. The molecular weight excluding hydrogens is 424 g/mol. The van der Waals surface area contributed by atoms with Gasteiger partial charge in [-0.05, 0) is 66.1 Å². The summed E-state index contributed by atoms with van der Waals surface area (Å²) in [6.45, 7) is 11.2. The highest BCUT2D eigenvalue weighted by molar-refractivity contribution is 6.03. The van der Waals surface area contributed by atoms with Gasteiger partial charge in [0.15, 0.2) is 0 Å². The number of likely N-dealkylation sites (tertiary alicyclic amines) is 1. The van der Waals surface area contributed by atoms with Gasteiger partial charge in [0.2, 0.25) is 0 Å². The Hall–Kier alpha value is -3.12. The second-order valence-electron chi connectivity index (χ2n) is 10.1. The Labute approximate surface area is 201 Å². The van der Waals surface area contributed by atoms with E-state index in [0.717, 1.165) is 65.0 Å². The Morgan fingerprint density at radius 2 is 1.79 bits per heavy atom. The molecule has 2 fully saturated rings. The van der Waals surface area contributed by atoms with E-state index in [9.17, 15) is 4.79 Å². The van der Waals surface area contributed by atoms with Gasteiger partial charge in [-0.2, -0.15) is 0 Å². The van der Waals surface area contributed by atoms with Crippen molar-refractivity contribution < 1.29 is 9.53 Å². The van der Waals surface area contributed by atoms with Crippen LogP contribution in [0, 0.1) is 18.8 Å². The van der Waals surface area contributed by atoms with E-state index in [1.165, 1.54) is 6.42 Å². The minimum absolute atomic E-state index is 0.127. The summed E-state index contributed by atoms with van der Waals surface area (Å²) in [5.41, 5.74) is 12.0. The molecule has 5 rings (SSSR count). The Bertz CT molecular complexity index is 1210. The fourth-order valence-electron chi connectivity index (χ4n) is 5.62. The number of carbonyl (C=O) groups is 1. The van der Waals surface area contributed by atoms with Crippen LogP contribution in [0.5, 0.6) is 0 Å². The zero-order chi connectivity index (χ0) is 23.8. The van der Waals surface area contributed by atoms with Gasteiger partial charge in [0.05, 0.1) is 24.4 Å². The predicted octanol–water partition coefficient (Wildman–Crippen LogP) is 4.75. The topological polar surface area (TPSA) is 71.7 Å². The number of fused-ring (bicyclic) bond motifs is 1. The van der Waals surface area contributed by atoms with Crippen LogP contribution in [0.4, 0.5) is 11.5 Å².